The fraction of sp³-hybridized carbons (Fsp3) is 0.526. The van der Waals surface area contributed by atoms with Gasteiger partial charge in [0.1, 0.15) is 0 Å². The third kappa shape index (κ3) is 8.04. The Kier molecular flexibility index (Phi) is 9.58. The number of carbonyl (C=O) groups is 3. The molecule has 0 aliphatic carbocycles. The summed E-state index contributed by atoms with van der Waals surface area (Å²) in [4.78, 5) is 35.5. The minimum Gasteiger partial charge on any atom is -0.493 e. The molecule has 3 amide bonds. The lowest BCUT2D eigenvalue weighted by atomic mass is 10.1. The molecule has 0 bridgehead atoms. The second-order valence-corrected chi connectivity index (χ2v) is 7.13. The lowest BCUT2D eigenvalue weighted by Crippen LogP contribution is -2.41. The van der Waals surface area contributed by atoms with Crippen LogP contribution in [0, 0.1) is 5.92 Å². The summed E-state index contributed by atoms with van der Waals surface area (Å²) in [6.07, 6.45) is 0.648. The number of benzene rings is 1. The minimum atomic E-state index is -0.785. The maximum atomic E-state index is 12.2. The van der Waals surface area contributed by atoms with Gasteiger partial charge in [-0.15, -0.1) is 0 Å². The van der Waals surface area contributed by atoms with Crippen LogP contribution in [0.3, 0.4) is 0 Å². The lowest BCUT2D eigenvalue weighted by Gasteiger charge is -2.16. The zero-order chi connectivity index (χ0) is 21.3. The van der Waals surface area contributed by atoms with Gasteiger partial charge in [0.05, 0.1) is 23.8 Å². The van der Waals surface area contributed by atoms with Gasteiger partial charge in [-0.3, -0.25) is 10.1 Å². The van der Waals surface area contributed by atoms with Gasteiger partial charge < -0.3 is 19.5 Å². The Labute approximate surface area is 169 Å². The summed E-state index contributed by atoms with van der Waals surface area (Å²) < 4.78 is 15.7. The molecular weight excluding hydrogens is 388 g/mol. The van der Waals surface area contributed by atoms with E-state index in [1.165, 1.54) is 19.2 Å². The molecule has 0 unspecified atom stereocenters. The Morgan fingerprint density at radius 3 is 2.39 bits per heavy atom. The van der Waals surface area contributed by atoms with Crippen LogP contribution in [0.5, 0.6) is 11.5 Å². The van der Waals surface area contributed by atoms with E-state index in [2.05, 4.69) is 10.6 Å². The van der Waals surface area contributed by atoms with Crippen molar-refractivity contribution in [2.45, 2.75) is 40.2 Å². The lowest BCUT2D eigenvalue weighted by molar-refractivity contribution is -0.123. The zero-order valence-electron chi connectivity index (χ0n) is 16.8. The van der Waals surface area contributed by atoms with Gasteiger partial charge in [0.2, 0.25) is 0 Å². The molecule has 0 atom stereocenters. The van der Waals surface area contributed by atoms with Crippen molar-refractivity contribution in [2.75, 3.05) is 20.3 Å². The molecular formula is C19H27ClN2O6. The Hall–Kier alpha value is -2.48. The molecule has 0 fully saturated rings. The topological polar surface area (TPSA) is 103 Å². The highest BCUT2D eigenvalue weighted by molar-refractivity contribution is 6.32. The van der Waals surface area contributed by atoms with Gasteiger partial charge in [-0.2, -0.15) is 0 Å². The van der Waals surface area contributed by atoms with E-state index in [0.717, 1.165) is 6.42 Å². The first-order valence-electron chi connectivity index (χ1n) is 8.93. The molecule has 1 aromatic rings. The Morgan fingerprint density at radius 1 is 1.14 bits per heavy atom. The molecule has 156 valence electrons. The molecule has 1 aromatic carbocycles. The minimum absolute atomic E-state index is 0.0899. The molecule has 0 spiro atoms. The summed E-state index contributed by atoms with van der Waals surface area (Å²) in [6, 6.07) is 2.13. The van der Waals surface area contributed by atoms with Gasteiger partial charge in [0, 0.05) is 6.54 Å². The number of methoxy groups -OCH3 is 1. The Morgan fingerprint density at radius 2 is 1.82 bits per heavy atom. The number of ether oxygens (including phenoxy) is 3. The molecule has 0 saturated carbocycles. The highest BCUT2D eigenvalue weighted by atomic mass is 35.5. The zero-order valence-corrected chi connectivity index (χ0v) is 17.5. The largest absolute Gasteiger partial charge is 0.493 e. The van der Waals surface area contributed by atoms with Crippen LogP contribution < -0.4 is 20.1 Å². The first kappa shape index (κ1) is 23.6. The van der Waals surface area contributed by atoms with Crippen LogP contribution in [0.25, 0.3) is 0 Å². The van der Waals surface area contributed by atoms with E-state index in [-0.39, 0.29) is 22.4 Å². The monoisotopic (exact) mass is 414 g/mol. The number of esters is 1. The van der Waals surface area contributed by atoms with Gasteiger partial charge >= 0.3 is 12.0 Å². The van der Waals surface area contributed by atoms with Gasteiger partial charge in [-0.1, -0.05) is 25.4 Å². The summed E-state index contributed by atoms with van der Waals surface area (Å²) in [6.45, 7) is 7.53. The van der Waals surface area contributed by atoms with Crippen molar-refractivity contribution in [3.8, 4) is 11.5 Å². The molecule has 9 heteroatoms. The average molecular weight is 415 g/mol. The van der Waals surface area contributed by atoms with E-state index in [0.29, 0.717) is 18.2 Å². The number of imide groups is 1. The van der Waals surface area contributed by atoms with E-state index in [1.807, 2.05) is 27.7 Å². The highest BCUT2D eigenvalue weighted by Gasteiger charge is 2.19. The third-order valence-corrected chi connectivity index (χ3v) is 3.69. The van der Waals surface area contributed by atoms with Crippen molar-refractivity contribution < 1.29 is 28.6 Å². The van der Waals surface area contributed by atoms with Gasteiger partial charge in [0.15, 0.2) is 18.1 Å². The first-order valence-corrected chi connectivity index (χ1v) is 9.30. The summed E-state index contributed by atoms with van der Waals surface area (Å²) in [5.74, 6) is -0.522. The van der Waals surface area contributed by atoms with Gasteiger partial charge in [-0.25, -0.2) is 9.59 Å². The number of amides is 3. The van der Waals surface area contributed by atoms with E-state index in [4.69, 9.17) is 25.8 Å². The summed E-state index contributed by atoms with van der Waals surface area (Å²) >= 11 is 6.16. The van der Waals surface area contributed by atoms with Crippen molar-refractivity contribution in [1.82, 2.24) is 10.6 Å². The third-order valence-electron chi connectivity index (χ3n) is 3.41. The molecule has 28 heavy (non-hydrogen) atoms. The van der Waals surface area contributed by atoms with Crippen LogP contribution in [0.1, 0.15) is 44.5 Å². The predicted molar refractivity (Wildman–Crippen MR) is 105 cm³/mol. The second kappa shape index (κ2) is 11.4. The SMILES string of the molecule is COc1cc(C(=O)OCC(=O)NC(=O)NCCC(C)C)cc(Cl)c1OC(C)C. The second-order valence-electron chi connectivity index (χ2n) is 6.72. The normalized spacial score (nSPS) is 10.6. The first-order chi connectivity index (χ1) is 13.1. The molecule has 0 saturated heterocycles. The molecule has 1 rings (SSSR count). The standard InChI is InChI=1S/C19H27ClN2O6/c1-11(2)6-7-21-19(25)22-16(23)10-27-18(24)13-8-14(20)17(28-12(3)4)15(9-13)26-5/h8-9,11-12H,6-7,10H2,1-5H3,(H2,21,22,23,25). The van der Waals surface area contributed by atoms with Crippen molar-refractivity contribution in [2.24, 2.45) is 5.92 Å². The molecule has 0 radical (unpaired) electrons. The molecule has 0 aromatic heterocycles. The van der Waals surface area contributed by atoms with Crippen LogP contribution in [-0.2, 0) is 9.53 Å². The number of hydrogen-bond donors (Lipinski definition) is 2. The summed E-state index contributed by atoms with van der Waals surface area (Å²) in [5, 5.41) is 4.81. The van der Waals surface area contributed by atoms with E-state index < -0.39 is 24.5 Å². The number of nitrogens with one attached hydrogen (secondary N) is 2. The van der Waals surface area contributed by atoms with Crippen LogP contribution in [-0.4, -0.2) is 44.3 Å². The van der Waals surface area contributed by atoms with Crippen LogP contribution in [0.4, 0.5) is 4.79 Å². The molecule has 8 nitrogen and oxygen atoms in total. The summed E-state index contributed by atoms with van der Waals surface area (Å²) in [5.41, 5.74) is 0.0899. The van der Waals surface area contributed by atoms with Crippen molar-refractivity contribution in [3.63, 3.8) is 0 Å². The Balaban J connectivity index is 2.62. The maximum absolute atomic E-state index is 12.2. The predicted octanol–water partition coefficient (Wildman–Crippen LogP) is 3.16. The van der Waals surface area contributed by atoms with Gasteiger partial charge in [-0.05, 0) is 38.3 Å². The quantitative estimate of drug-likeness (QED) is 0.601. The van der Waals surface area contributed by atoms with E-state index in [1.54, 1.807) is 0 Å². The molecule has 0 heterocycles. The molecule has 0 aliphatic heterocycles. The van der Waals surface area contributed by atoms with E-state index in [9.17, 15) is 14.4 Å². The fourth-order valence-electron chi connectivity index (χ4n) is 2.08. The average Bonchev–Trinajstić information content (AvgIpc) is 2.60. The number of rotatable bonds is 9. The number of halogens is 1. The van der Waals surface area contributed by atoms with Crippen molar-refractivity contribution in [1.29, 1.82) is 0 Å². The summed E-state index contributed by atoms with van der Waals surface area (Å²) in [7, 11) is 1.42. The van der Waals surface area contributed by atoms with Crippen molar-refractivity contribution in [3.05, 3.63) is 22.7 Å². The van der Waals surface area contributed by atoms with Crippen LogP contribution in [0.15, 0.2) is 12.1 Å². The smallest absolute Gasteiger partial charge is 0.338 e. The molecule has 2 N–H and O–H groups in total. The molecule has 0 aliphatic rings. The highest BCUT2D eigenvalue weighted by Crippen LogP contribution is 2.37. The number of urea groups is 1. The van der Waals surface area contributed by atoms with E-state index >= 15 is 0 Å². The fourth-order valence-corrected chi connectivity index (χ4v) is 2.34. The van der Waals surface area contributed by atoms with Gasteiger partial charge in [0.25, 0.3) is 5.91 Å². The van der Waals surface area contributed by atoms with Crippen LogP contribution >= 0.6 is 11.6 Å². The van der Waals surface area contributed by atoms with Crippen molar-refractivity contribution >= 4 is 29.5 Å². The number of carbonyl (C=O) groups excluding carboxylic acids is 3. The maximum Gasteiger partial charge on any atom is 0.338 e. The van der Waals surface area contributed by atoms with Crippen LogP contribution in [0.2, 0.25) is 5.02 Å². The number of hydrogen-bond acceptors (Lipinski definition) is 6. The Bertz CT molecular complexity index is 706.